The molecular formula is C15H21BrO3. The Kier molecular flexibility index (Phi) is 5.47. The zero-order valence-electron chi connectivity index (χ0n) is 11.2. The molecular weight excluding hydrogens is 308 g/mol. The van der Waals surface area contributed by atoms with E-state index in [0.717, 1.165) is 19.3 Å². The normalized spacial score (nSPS) is 42.8. The molecule has 3 nitrogen and oxygen atoms in total. The van der Waals surface area contributed by atoms with Crippen LogP contribution in [0, 0.1) is 12.3 Å². The monoisotopic (exact) mass is 328 g/mol. The smallest absolute Gasteiger partial charge is 0.0877 e. The van der Waals surface area contributed by atoms with Gasteiger partial charge in [0.15, 0.2) is 0 Å². The van der Waals surface area contributed by atoms with E-state index in [9.17, 15) is 5.11 Å². The van der Waals surface area contributed by atoms with Crippen LogP contribution < -0.4 is 0 Å². The Labute approximate surface area is 123 Å². The lowest BCUT2D eigenvalue weighted by molar-refractivity contribution is -0.0532. The molecule has 0 aromatic carbocycles. The fourth-order valence-electron chi connectivity index (χ4n) is 2.81. The lowest BCUT2D eigenvalue weighted by Gasteiger charge is -2.30. The number of hydrogen-bond donors (Lipinski definition) is 1. The van der Waals surface area contributed by atoms with E-state index in [2.05, 4.69) is 28.8 Å². The molecule has 2 bridgehead atoms. The second-order valence-corrected chi connectivity index (χ2v) is 6.37. The van der Waals surface area contributed by atoms with Gasteiger partial charge in [0.05, 0.1) is 30.5 Å². The maximum absolute atomic E-state index is 10.2. The first kappa shape index (κ1) is 15.1. The fourth-order valence-corrected chi connectivity index (χ4v) is 3.69. The van der Waals surface area contributed by atoms with E-state index < -0.39 is 6.10 Å². The van der Waals surface area contributed by atoms with Crippen molar-refractivity contribution in [2.75, 3.05) is 0 Å². The summed E-state index contributed by atoms with van der Waals surface area (Å²) in [5.74, 6) is 2.48. The molecule has 0 saturated carbocycles. The Morgan fingerprint density at radius 3 is 2.74 bits per heavy atom. The van der Waals surface area contributed by atoms with E-state index in [1.54, 1.807) is 6.08 Å². The van der Waals surface area contributed by atoms with Crippen LogP contribution in [0.1, 0.15) is 32.6 Å². The van der Waals surface area contributed by atoms with Crippen molar-refractivity contribution in [3.63, 3.8) is 0 Å². The molecule has 2 saturated heterocycles. The molecule has 0 aromatic heterocycles. The lowest BCUT2D eigenvalue weighted by atomic mass is 9.97. The highest BCUT2D eigenvalue weighted by atomic mass is 79.9. The maximum atomic E-state index is 10.2. The quantitative estimate of drug-likeness (QED) is 0.638. The van der Waals surface area contributed by atoms with Crippen LogP contribution in [0.3, 0.4) is 0 Å². The molecule has 2 aliphatic heterocycles. The van der Waals surface area contributed by atoms with Crippen LogP contribution in [0.15, 0.2) is 12.2 Å². The topological polar surface area (TPSA) is 38.7 Å². The zero-order valence-corrected chi connectivity index (χ0v) is 12.8. The summed E-state index contributed by atoms with van der Waals surface area (Å²) in [6.07, 6.45) is 11.6. The van der Waals surface area contributed by atoms with Crippen molar-refractivity contribution >= 4 is 15.9 Å². The van der Waals surface area contributed by atoms with E-state index in [4.69, 9.17) is 15.9 Å². The molecule has 4 heteroatoms. The molecule has 0 unspecified atom stereocenters. The Hall–Kier alpha value is -0.340. The van der Waals surface area contributed by atoms with Gasteiger partial charge in [0.2, 0.25) is 0 Å². The van der Waals surface area contributed by atoms with Crippen molar-refractivity contribution in [2.45, 2.75) is 68.0 Å². The minimum atomic E-state index is -0.425. The molecule has 6 atom stereocenters. The number of aliphatic hydroxyl groups excluding tert-OH is 1. The number of ether oxygens (including phenoxy) is 2. The summed E-state index contributed by atoms with van der Waals surface area (Å²) in [7, 11) is 0. The highest BCUT2D eigenvalue weighted by molar-refractivity contribution is 9.09. The third-order valence-corrected chi connectivity index (χ3v) is 4.83. The van der Waals surface area contributed by atoms with Gasteiger partial charge in [-0.25, -0.2) is 0 Å². The lowest BCUT2D eigenvalue weighted by Crippen LogP contribution is -2.38. The second-order valence-electron chi connectivity index (χ2n) is 5.19. The molecule has 2 rings (SSSR count). The summed E-state index contributed by atoms with van der Waals surface area (Å²) in [4.78, 5) is 0.182. The van der Waals surface area contributed by atoms with Crippen molar-refractivity contribution in [2.24, 2.45) is 0 Å². The van der Waals surface area contributed by atoms with Gasteiger partial charge < -0.3 is 14.6 Å². The van der Waals surface area contributed by atoms with Gasteiger partial charge in [-0.3, -0.25) is 0 Å². The van der Waals surface area contributed by atoms with Crippen molar-refractivity contribution in [1.29, 1.82) is 0 Å². The molecule has 0 spiro atoms. The van der Waals surface area contributed by atoms with E-state index >= 15 is 0 Å². The molecule has 0 radical (unpaired) electrons. The number of rotatable bonds is 3. The summed E-state index contributed by atoms with van der Waals surface area (Å²) in [6, 6.07) is 0. The molecule has 0 aliphatic carbocycles. The highest BCUT2D eigenvalue weighted by Gasteiger charge is 2.43. The predicted molar refractivity (Wildman–Crippen MR) is 78.2 cm³/mol. The van der Waals surface area contributed by atoms with E-state index in [1.807, 2.05) is 6.08 Å². The summed E-state index contributed by atoms with van der Waals surface area (Å²) in [6.45, 7) is 2.10. The molecule has 0 amide bonds. The van der Waals surface area contributed by atoms with E-state index in [0.29, 0.717) is 6.42 Å². The average Bonchev–Trinajstić information content (AvgIpc) is 2.79. The van der Waals surface area contributed by atoms with Gasteiger partial charge in [0.1, 0.15) is 0 Å². The Bertz CT molecular complexity index is 363. The Morgan fingerprint density at radius 2 is 2.05 bits per heavy atom. The van der Waals surface area contributed by atoms with Crippen LogP contribution in [0.4, 0.5) is 0 Å². The SMILES string of the molecule is C#C/C=C/C[C@H]1O[C@@H]2C[C@H]1O[C@H](CC)[C@@H](Br)C[C@H]2O. The van der Waals surface area contributed by atoms with Gasteiger partial charge >= 0.3 is 0 Å². The van der Waals surface area contributed by atoms with Crippen molar-refractivity contribution in [3.05, 3.63) is 12.2 Å². The Balaban J connectivity index is 2.07. The van der Waals surface area contributed by atoms with Gasteiger partial charge in [-0.1, -0.05) is 34.9 Å². The fraction of sp³-hybridized carbons (Fsp3) is 0.733. The van der Waals surface area contributed by atoms with Crippen LogP contribution in [0.2, 0.25) is 0 Å². The molecule has 106 valence electrons. The van der Waals surface area contributed by atoms with Gasteiger partial charge in [-0.15, -0.1) is 6.42 Å². The van der Waals surface area contributed by atoms with Crippen LogP contribution >= 0.6 is 15.9 Å². The van der Waals surface area contributed by atoms with Gasteiger partial charge in [0, 0.05) is 11.2 Å². The zero-order chi connectivity index (χ0) is 13.8. The molecule has 0 aromatic rings. The van der Waals surface area contributed by atoms with Crippen molar-refractivity contribution in [3.8, 4) is 12.3 Å². The molecule has 2 aliphatic rings. The second kappa shape index (κ2) is 6.90. The number of hydrogen-bond acceptors (Lipinski definition) is 3. The minimum absolute atomic E-state index is 0.00361. The largest absolute Gasteiger partial charge is 0.390 e. The third kappa shape index (κ3) is 3.61. The number of allylic oxidation sites excluding steroid dienone is 1. The van der Waals surface area contributed by atoms with Gasteiger partial charge in [0.25, 0.3) is 0 Å². The van der Waals surface area contributed by atoms with Gasteiger partial charge in [-0.05, 0) is 25.3 Å². The van der Waals surface area contributed by atoms with Gasteiger partial charge in [-0.2, -0.15) is 0 Å². The van der Waals surface area contributed by atoms with Crippen molar-refractivity contribution in [1.82, 2.24) is 0 Å². The number of aliphatic hydroxyl groups is 1. The summed E-state index contributed by atoms with van der Waals surface area (Å²) < 4.78 is 12.1. The standard InChI is InChI=1S/C15H21BrO3/c1-3-5-6-7-13-15-9-14(19-13)11(17)8-10(16)12(4-2)18-15/h1,5-6,10-15,17H,4,7-9H2,2H3/b6-5+/t10-,11+,12+,13+,14+,15+/m0/s1. The number of halogens is 1. The third-order valence-electron chi connectivity index (χ3n) is 3.86. The molecule has 2 fully saturated rings. The highest BCUT2D eigenvalue weighted by Crippen LogP contribution is 2.35. The average molecular weight is 329 g/mol. The minimum Gasteiger partial charge on any atom is -0.390 e. The first-order valence-corrected chi connectivity index (χ1v) is 7.81. The summed E-state index contributed by atoms with van der Waals surface area (Å²) >= 11 is 3.63. The molecule has 19 heavy (non-hydrogen) atoms. The number of terminal acetylenes is 1. The van der Waals surface area contributed by atoms with Crippen molar-refractivity contribution < 1.29 is 14.6 Å². The van der Waals surface area contributed by atoms with Crippen LogP contribution in [-0.2, 0) is 9.47 Å². The van der Waals surface area contributed by atoms with E-state index in [-0.39, 0.29) is 29.2 Å². The van der Waals surface area contributed by atoms with E-state index in [1.165, 1.54) is 0 Å². The first-order valence-electron chi connectivity index (χ1n) is 6.89. The maximum Gasteiger partial charge on any atom is 0.0877 e. The van der Waals surface area contributed by atoms with Crippen LogP contribution in [0.5, 0.6) is 0 Å². The summed E-state index contributed by atoms with van der Waals surface area (Å²) in [5, 5.41) is 10.2. The first-order chi connectivity index (χ1) is 9.15. The summed E-state index contributed by atoms with van der Waals surface area (Å²) in [5.41, 5.74) is 0. The number of fused-ring (bicyclic) bond motifs is 2. The van der Waals surface area contributed by atoms with Crippen LogP contribution in [-0.4, -0.2) is 40.5 Å². The number of alkyl halides is 1. The molecule has 2 heterocycles. The Morgan fingerprint density at radius 1 is 1.32 bits per heavy atom. The van der Waals surface area contributed by atoms with Crippen LogP contribution in [0.25, 0.3) is 0 Å². The molecule has 1 N–H and O–H groups in total. The predicted octanol–water partition coefficient (Wildman–Crippen LogP) is 2.42.